The summed E-state index contributed by atoms with van der Waals surface area (Å²) in [5.74, 6) is -0.352. The molecule has 0 aliphatic heterocycles. The molecule has 1 heterocycles. The monoisotopic (exact) mass is 313 g/mol. The molecule has 24 heavy (non-hydrogen) atoms. The third-order valence-corrected chi connectivity index (χ3v) is 4.19. The highest BCUT2D eigenvalue weighted by atomic mass is 16.5. The van der Waals surface area contributed by atoms with Gasteiger partial charge in [0.1, 0.15) is 0 Å². The normalized spacial score (nSPS) is 10.9. The fraction of sp³-hybridized carbons (Fsp3) is 0.0476. The van der Waals surface area contributed by atoms with E-state index in [-0.39, 0.29) is 5.97 Å². The molecule has 3 aromatic carbocycles. The van der Waals surface area contributed by atoms with Gasteiger partial charge in [0.15, 0.2) is 0 Å². The van der Waals surface area contributed by atoms with Gasteiger partial charge in [0.25, 0.3) is 0 Å². The van der Waals surface area contributed by atoms with Crippen LogP contribution in [0.4, 0.5) is 0 Å². The SMILES string of the molecule is COC(=O)c1cc(-c2cccc3ccccc23)nc2ccccc12. The summed E-state index contributed by atoms with van der Waals surface area (Å²) in [7, 11) is 1.40. The van der Waals surface area contributed by atoms with Crippen molar-refractivity contribution in [3.05, 3.63) is 78.4 Å². The molecule has 0 radical (unpaired) electrons. The molecule has 3 nitrogen and oxygen atoms in total. The summed E-state index contributed by atoms with van der Waals surface area (Å²) in [5.41, 5.74) is 3.09. The smallest absolute Gasteiger partial charge is 0.338 e. The zero-order chi connectivity index (χ0) is 16.5. The number of carbonyl (C=O) groups is 1. The van der Waals surface area contributed by atoms with Gasteiger partial charge in [-0.3, -0.25) is 0 Å². The lowest BCUT2D eigenvalue weighted by molar-refractivity contribution is 0.0603. The average molecular weight is 313 g/mol. The third kappa shape index (κ3) is 2.31. The molecule has 0 amide bonds. The highest BCUT2D eigenvalue weighted by Gasteiger charge is 2.15. The Morgan fingerprint density at radius 2 is 1.58 bits per heavy atom. The van der Waals surface area contributed by atoms with E-state index in [1.54, 1.807) is 0 Å². The molecule has 116 valence electrons. The van der Waals surface area contributed by atoms with E-state index in [1.165, 1.54) is 7.11 Å². The average Bonchev–Trinajstić information content (AvgIpc) is 2.66. The second-order valence-electron chi connectivity index (χ2n) is 5.59. The minimum absolute atomic E-state index is 0.352. The molecule has 0 unspecified atom stereocenters. The first-order chi connectivity index (χ1) is 11.8. The maximum atomic E-state index is 12.2. The number of hydrogen-bond acceptors (Lipinski definition) is 3. The minimum atomic E-state index is -0.352. The van der Waals surface area contributed by atoms with E-state index < -0.39 is 0 Å². The third-order valence-electron chi connectivity index (χ3n) is 4.19. The lowest BCUT2D eigenvalue weighted by atomic mass is 9.99. The predicted octanol–water partition coefficient (Wildman–Crippen LogP) is 4.84. The number of benzene rings is 3. The van der Waals surface area contributed by atoms with Crippen LogP contribution in [-0.4, -0.2) is 18.1 Å². The second-order valence-corrected chi connectivity index (χ2v) is 5.59. The van der Waals surface area contributed by atoms with Crippen LogP contribution < -0.4 is 0 Å². The Bertz CT molecular complexity index is 1060. The van der Waals surface area contributed by atoms with Crippen molar-refractivity contribution in [3.8, 4) is 11.3 Å². The van der Waals surface area contributed by atoms with Crippen LogP contribution in [0.15, 0.2) is 72.8 Å². The summed E-state index contributed by atoms with van der Waals surface area (Å²) in [6.45, 7) is 0. The van der Waals surface area contributed by atoms with Crippen molar-refractivity contribution in [2.75, 3.05) is 7.11 Å². The number of rotatable bonds is 2. The van der Waals surface area contributed by atoms with Crippen molar-refractivity contribution in [2.45, 2.75) is 0 Å². The molecule has 0 spiro atoms. The summed E-state index contributed by atoms with van der Waals surface area (Å²) in [6.07, 6.45) is 0. The molecule has 0 bridgehead atoms. The number of pyridine rings is 1. The van der Waals surface area contributed by atoms with Crippen molar-refractivity contribution in [2.24, 2.45) is 0 Å². The van der Waals surface area contributed by atoms with E-state index in [2.05, 4.69) is 18.2 Å². The highest BCUT2D eigenvalue weighted by Crippen LogP contribution is 2.30. The van der Waals surface area contributed by atoms with Gasteiger partial charge in [0, 0.05) is 10.9 Å². The van der Waals surface area contributed by atoms with Crippen LogP contribution in [0, 0.1) is 0 Å². The number of carbonyl (C=O) groups excluding carboxylic acids is 1. The van der Waals surface area contributed by atoms with Crippen LogP contribution in [0.5, 0.6) is 0 Å². The lowest BCUT2D eigenvalue weighted by Crippen LogP contribution is -2.03. The van der Waals surface area contributed by atoms with Crippen LogP contribution >= 0.6 is 0 Å². The lowest BCUT2D eigenvalue weighted by Gasteiger charge is -2.10. The first-order valence-corrected chi connectivity index (χ1v) is 7.74. The first kappa shape index (κ1) is 14.4. The van der Waals surface area contributed by atoms with E-state index in [9.17, 15) is 4.79 Å². The first-order valence-electron chi connectivity index (χ1n) is 7.74. The number of fused-ring (bicyclic) bond motifs is 2. The number of ether oxygens (including phenoxy) is 1. The zero-order valence-electron chi connectivity index (χ0n) is 13.2. The van der Waals surface area contributed by atoms with E-state index >= 15 is 0 Å². The van der Waals surface area contributed by atoms with Gasteiger partial charge in [0.05, 0.1) is 23.9 Å². The standard InChI is InChI=1S/C21H15NO2/c1-24-21(23)18-13-20(22-19-12-5-4-10-17(18)19)16-11-6-8-14-7-2-3-9-15(14)16/h2-13H,1H3. The zero-order valence-corrected chi connectivity index (χ0v) is 13.2. The van der Waals surface area contributed by atoms with Gasteiger partial charge in [0.2, 0.25) is 0 Å². The Balaban J connectivity index is 2.05. The van der Waals surface area contributed by atoms with Crippen LogP contribution in [0.25, 0.3) is 32.9 Å². The maximum Gasteiger partial charge on any atom is 0.338 e. The fourth-order valence-corrected chi connectivity index (χ4v) is 3.04. The van der Waals surface area contributed by atoms with E-state index in [0.29, 0.717) is 5.56 Å². The molecule has 0 atom stereocenters. The number of methoxy groups -OCH3 is 1. The highest BCUT2D eigenvalue weighted by molar-refractivity contribution is 6.06. The molecule has 4 rings (SSSR count). The van der Waals surface area contributed by atoms with Gasteiger partial charge in [-0.1, -0.05) is 60.7 Å². The summed E-state index contributed by atoms with van der Waals surface area (Å²) in [5, 5.41) is 3.05. The maximum absolute atomic E-state index is 12.2. The topological polar surface area (TPSA) is 39.2 Å². The van der Waals surface area contributed by atoms with Crippen LogP contribution in [0.1, 0.15) is 10.4 Å². The van der Waals surface area contributed by atoms with Crippen LogP contribution in [0.2, 0.25) is 0 Å². The van der Waals surface area contributed by atoms with E-state index in [4.69, 9.17) is 9.72 Å². The molecule has 4 aromatic rings. The van der Waals surface area contributed by atoms with Gasteiger partial charge in [-0.25, -0.2) is 9.78 Å². The van der Waals surface area contributed by atoms with Gasteiger partial charge >= 0.3 is 5.97 Å². The molecule has 0 fully saturated rings. The molecular weight excluding hydrogens is 298 g/mol. The number of para-hydroxylation sites is 1. The van der Waals surface area contributed by atoms with Gasteiger partial charge in [-0.05, 0) is 22.9 Å². The van der Waals surface area contributed by atoms with Gasteiger partial charge in [-0.15, -0.1) is 0 Å². The van der Waals surface area contributed by atoms with E-state index in [0.717, 1.165) is 32.9 Å². The molecule has 0 saturated heterocycles. The summed E-state index contributed by atoms with van der Waals surface area (Å²) in [4.78, 5) is 17.0. The minimum Gasteiger partial charge on any atom is -0.465 e. The molecule has 0 aliphatic carbocycles. The van der Waals surface area contributed by atoms with Gasteiger partial charge in [-0.2, -0.15) is 0 Å². The second kappa shape index (κ2) is 5.78. The van der Waals surface area contributed by atoms with Crippen LogP contribution in [0.3, 0.4) is 0 Å². The van der Waals surface area contributed by atoms with Crippen molar-refractivity contribution in [3.63, 3.8) is 0 Å². The van der Waals surface area contributed by atoms with Crippen LogP contribution in [-0.2, 0) is 4.74 Å². The number of hydrogen-bond donors (Lipinski definition) is 0. The molecule has 3 heteroatoms. The quantitative estimate of drug-likeness (QED) is 0.497. The molecule has 1 aromatic heterocycles. The Morgan fingerprint density at radius 1 is 0.875 bits per heavy atom. The summed E-state index contributed by atoms with van der Waals surface area (Å²) in [6, 6.07) is 23.7. The van der Waals surface area contributed by atoms with Crippen molar-refractivity contribution < 1.29 is 9.53 Å². The Hall–Kier alpha value is -3.20. The number of nitrogens with zero attached hydrogens (tertiary/aromatic N) is 1. The van der Waals surface area contributed by atoms with Crippen molar-refractivity contribution in [1.82, 2.24) is 4.98 Å². The summed E-state index contributed by atoms with van der Waals surface area (Å²) < 4.78 is 4.96. The van der Waals surface area contributed by atoms with Gasteiger partial charge < -0.3 is 4.74 Å². The molecule has 0 saturated carbocycles. The Labute approximate surface area is 139 Å². The van der Waals surface area contributed by atoms with E-state index in [1.807, 2.05) is 54.6 Å². The number of esters is 1. The Kier molecular flexibility index (Phi) is 3.47. The number of aromatic nitrogens is 1. The van der Waals surface area contributed by atoms with Crippen molar-refractivity contribution >= 4 is 27.6 Å². The largest absolute Gasteiger partial charge is 0.465 e. The van der Waals surface area contributed by atoms with Crippen molar-refractivity contribution in [1.29, 1.82) is 0 Å². The molecular formula is C21H15NO2. The fourth-order valence-electron chi connectivity index (χ4n) is 3.04. The molecule has 0 N–H and O–H groups in total. The Morgan fingerprint density at radius 3 is 2.42 bits per heavy atom. The summed E-state index contributed by atoms with van der Waals surface area (Å²) >= 11 is 0. The predicted molar refractivity (Wildman–Crippen MR) is 96.0 cm³/mol. The molecule has 0 aliphatic rings.